The lowest BCUT2D eigenvalue weighted by atomic mass is 9.78. The van der Waals surface area contributed by atoms with Gasteiger partial charge < -0.3 is 14.4 Å². The second-order valence-corrected chi connectivity index (χ2v) is 9.09. The van der Waals surface area contributed by atoms with Crippen LogP contribution in [0.25, 0.3) is 0 Å². The Balaban J connectivity index is 1.82. The molecule has 0 saturated carbocycles. The maximum atomic E-state index is 12.0. The van der Waals surface area contributed by atoms with Crippen LogP contribution in [0.15, 0.2) is 0 Å². The molecule has 0 aromatic carbocycles. The molecule has 0 radical (unpaired) electrons. The molecule has 2 fully saturated rings. The van der Waals surface area contributed by atoms with Gasteiger partial charge in [0, 0.05) is 40.4 Å². The summed E-state index contributed by atoms with van der Waals surface area (Å²) < 4.78 is 37.1. The van der Waals surface area contributed by atoms with Crippen LogP contribution < -0.4 is 0 Å². The van der Waals surface area contributed by atoms with E-state index in [2.05, 4.69) is 0 Å². The first-order valence-electron chi connectivity index (χ1n) is 8.70. The van der Waals surface area contributed by atoms with E-state index in [9.17, 15) is 13.2 Å². The highest BCUT2D eigenvalue weighted by Crippen LogP contribution is 2.42. The van der Waals surface area contributed by atoms with Crippen LogP contribution in [0, 0.1) is 5.92 Å². The molecular weight excluding hydrogens is 332 g/mol. The van der Waals surface area contributed by atoms with E-state index in [-0.39, 0.29) is 23.9 Å². The van der Waals surface area contributed by atoms with Gasteiger partial charge in [0.2, 0.25) is 15.9 Å². The summed E-state index contributed by atoms with van der Waals surface area (Å²) in [6, 6.07) is 0. The first kappa shape index (κ1) is 19.6. The Morgan fingerprint density at radius 3 is 2.58 bits per heavy atom. The van der Waals surface area contributed by atoms with E-state index in [4.69, 9.17) is 9.47 Å². The first-order chi connectivity index (χ1) is 11.3. The van der Waals surface area contributed by atoms with Crippen molar-refractivity contribution in [3.8, 4) is 0 Å². The Morgan fingerprint density at radius 2 is 2.00 bits per heavy atom. The third-order valence-electron chi connectivity index (χ3n) is 5.26. The van der Waals surface area contributed by atoms with Crippen molar-refractivity contribution in [2.24, 2.45) is 5.92 Å². The number of carbonyl (C=O) groups is 1. The van der Waals surface area contributed by atoms with Crippen molar-refractivity contribution in [2.45, 2.75) is 38.2 Å². The molecule has 0 aliphatic carbocycles. The minimum Gasteiger partial charge on any atom is -0.375 e. The molecule has 2 heterocycles. The molecule has 2 saturated heterocycles. The molecular formula is C16H30N2O5S. The molecule has 8 heteroatoms. The van der Waals surface area contributed by atoms with Crippen LogP contribution in [0.5, 0.6) is 0 Å². The van der Waals surface area contributed by atoms with Gasteiger partial charge in [0.15, 0.2) is 0 Å². The van der Waals surface area contributed by atoms with Crippen molar-refractivity contribution in [3.05, 3.63) is 0 Å². The molecule has 24 heavy (non-hydrogen) atoms. The van der Waals surface area contributed by atoms with Gasteiger partial charge in [0.05, 0.1) is 11.4 Å². The van der Waals surface area contributed by atoms with Gasteiger partial charge in [-0.1, -0.05) is 0 Å². The van der Waals surface area contributed by atoms with E-state index in [0.717, 1.165) is 32.3 Å². The van der Waals surface area contributed by atoms with Gasteiger partial charge in [-0.2, -0.15) is 0 Å². The summed E-state index contributed by atoms with van der Waals surface area (Å²) in [4.78, 5) is 13.0. The predicted molar refractivity (Wildman–Crippen MR) is 91.2 cm³/mol. The molecule has 140 valence electrons. The molecule has 0 aromatic heterocycles. The van der Waals surface area contributed by atoms with Crippen LogP contribution in [0.4, 0.5) is 0 Å². The number of sulfonamides is 1. The monoisotopic (exact) mass is 362 g/mol. The van der Waals surface area contributed by atoms with E-state index >= 15 is 0 Å². The fraction of sp³-hybridized carbons (Fsp3) is 0.938. The summed E-state index contributed by atoms with van der Waals surface area (Å²) in [6.07, 6.45) is 3.31. The molecule has 1 spiro atoms. The number of nitrogens with zero attached hydrogens (tertiary/aromatic N) is 2. The van der Waals surface area contributed by atoms with Crippen LogP contribution in [-0.2, 0) is 24.3 Å². The van der Waals surface area contributed by atoms with Gasteiger partial charge in [0.25, 0.3) is 0 Å². The van der Waals surface area contributed by atoms with E-state index in [1.807, 2.05) is 0 Å². The Kier molecular flexibility index (Phi) is 6.64. The zero-order valence-corrected chi connectivity index (χ0v) is 15.8. The average Bonchev–Trinajstić information content (AvgIpc) is 2.93. The van der Waals surface area contributed by atoms with Crippen LogP contribution in [0.2, 0.25) is 0 Å². The number of carbonyl (C=O) groups excluding carboxylic acids is 1. The summed E-state index contributed by atoms with van der Waals surface area (Å²) in [5.74, 6) is 0.488. The van der Waals surface area contributed by atoms with Crippen molar-refractivity contribution >= 4 is 15.9 Å². The SMILES string of the molecule is CCS(=O)(=O)N1CCC2(CC1)OCC[C@@H]2CCOCC(=O)N(C)C. The number of rotatable bonds is 7. The van der Waals surface area contributed by atoms with Crippen LogP contribution >= 0.6 is 0 Å². The fourth-order valence-electron chi connectivity index (χ4n) is 3.58. The number of amides is 1. The Hall–Kier alpha value is -0.700. The Morgan fingerprint density at radius 1 is 1.33 bits per heavy atom. The number of piperidine rings is 1. The van der Waals surface area contributed by atoms with Gasteiger partial charge in [-0.25, -0.2) is 12.7 Å². The van der Waals surface area contributed by atoms with Gasteiger partial charge in [-0.15, -0.1) is 0 Å². The molecule has 0 bridgehead atoms. The van der Waals surface area contributed by atoms with E-state index in [1.54, 1.807) is 25.3 Å². The topological polar surface area (TPSA) is 76.1 Å². The molecule has 1 atom stereocenters. The average molecular weight is 362 g/mol. The maximum absolute atomic E-state index is 12.0. The van der Waals surface area contributed by atoms with Crippen molar-refractivity contribution < 1.29 is 22.7 Å². The van der Waals surface area contributed by atoms with Gasteiger partial charge in [-0.3, -0.25) is 4.79 Å². The highest BCUT2D eigenvalue weighted by Gasteiger charge is 2.47. The quantitative estimate of drug-likeness (QED) is 0.623. The molecule has 0 unspecified atom stereocenters. The largest absolute Gasteiger partial charge is 0.375 e. The molecule has 1 amide bonds. The summed E-state index contributed by atoms with van der Waals surface area (Å²) in [5, 5.41) is 0. The number of hydrogen-bond acceptors (Lipinski definition) is 5. The van der Waals surface area contributed by atoms with E-state index < -0.39 is 10.0 Å². The number of ether oxygens (including phenoxy) is 2. The fourth-order valence-corrected chi connectivity index (χ4v) is 4.69. The highest BCUT2D eigenvalue weighted by molar-refractivity contribution is 7.89. The zero-order valence-electron chi connectivity index (χ0n) is 15.0. The standard InChI is InChI=1S/C16H30N2O5S/c1-4-24(20,21)18-9-7-16(8-10-18)14(6-12-23-16)5-11-22-13-15(19)17(2)3/h14H,4-13H2,1-3H3/t14-/m0/s1. The summed E-state index contributed by atoms with van der Waals surface area (Å²) >= 11 is 0. The molecule has 7 nitrogen and oxygen atoms in total. The molecule has 2 aliphatic rings. The summed E-state index contributed by atoms with van der Waals surface area (Å²) in [6.45, 7) is 4.12. The number of likely N-dealkylation sites (N-methyl/N-ethyl adjacent to an activating group) is 1. The smallest absolute Gasteiger partial charge is 0.248 e. The third kappa shape index (κ3) is 4.47. The lowest BCUT2D eigenvalue weighted by Crippen LogP contribution is -2.49. The second kappa shape index (κ2) is 8.12. The van der Waals surface area contributed by atoms with Gasteiger partial charge in [-0.05, 0) is 38.5 Å². The first-order valence-corrected chi connectivity index (χ1v) is 10.3. The van der Waals surface area contributed by atoms with Gasteiger partial charge in [0.1, 0.15) is 6.61 Å². The van der Waals surface area contributed by atoms with Crippen molar-refractivity contribution in [2.75, 3.05) is 52.8 Å². The van der Waals surface area contributed by atoms with Crippen molar-refractivity contribution in [1.29, 1.82) is 0 Å². The summed E-state index contributed by atoms with van der Waals surface area (Å²) in [7, 11) is 0.311. The molecule has 2 aliphatic heterocycles. The lowest BCUT2D eigenvalue weighted by molar-refractivity contribution is -0.133. The highest BCUT2D eigenvalue weighted by atomic mass is 32.2. The normalized spacial score (nSPS) is 24.4. The maximum Gasteiger partial charge on any atom is 0.248 e. The zero-order chi connectivity index (χ0) is 17.8. The predicted octanol–water partition coefficient (Wildman–Crippen LogP) is 0.702. The van der Waals surface area contributed by atoms with Crippen molar-refractivity contribution in [1.82, 2.24) is 9.21 Å². The van der Waals surface area contributed by atoms with Crippen LogP contribution in [0.1, 0.15) is 32.6 Å². The molecule has 0 aromatic rings. The van der Waals surface area contributed by atoms with Gasteiger partial charge >= 0.3 is 0 Å². The van der Waals surface area contributed by atoms with E-state index in [1.165, 1.54) is 4.90 Å². The third-order valence-corrected chi connectivity index (χ3v) is 7.14. The van der Waals surface area contributed by atoms with E-state index in [0.29, 0.717) is 25.6 Å². The Bertz CT molecular complexity index is 527. The molecule has 2 rings (SSSR count). The minimum atomic E-state index is -3.11. The second-order valence-electron chi connectivity index (χ2n) is 6.83. The summed E-state index contributed by atoms with van der Waals surface area (Å²) in [5.41, 5.74) is -0.214. The van der Waals surface area contributed by atoms with Crippen molar-refractivity contribution in [3.63, 3.8) is 0 Å². The Labute approximate surface area is 145 Å². The lowest BCUT2D eigenvalue weighted by Gasteiger charge is -2.41. The number of hydrogen-bond donors (Lipinski definition) is 0. The molecule has 0 N–H and O–H groups in total. The minimum absolute atomic E-state index is 0.0366. The van der Waals surface area contributed by atoms with Crippen LogP contribution in [0.3, 0.4) is 0 Å². The van der Waals surface area contributed by atoms with Crippen LogP contribution in [-0.4, -0.2) is 81.9 Å².